The predicted octanol–water partition coefficient (Wildman–Crippen LogP) is 5.91. The molecule has 3 N–H and O–H groups in total. The second-order valence-corrected chi connectivity index (χ2v) is 6.20. The quantitative estimate of drug-likeness (QED) is 0.275. The van der Waals surface area contributed by atoms with E-state index in [4.69, 9.17) is 15.6 Å². The first-order valence-electron chi connectivity index (χ1n) is 9.61. The van der Waals surface area contributed by atoms with Gasteiger partial charge < -0.3 is 10.8 Å². The number of unbranched alkanes of at least 4 members (excludes halogenated alkanes) is 15. The third kappa shape index (κ3) is 27.7. The van der Waals surface area contributed by atoms with Gasteiger partial charge in [0, 0.05) is 0 Å². The Balaban J connectivity index is 0. The summed E-state index contributed by atoms with van der Waals surface area (Å²) in [6, 6.07) is 0. The first-order valence-corrected chi connectivity index (χ1v) is 9.61. The zero-order valence-corrected chi connectivity index (χ0v) is 15.0. The number of hydrogen-bond acceptors (Lipinski definition) is 2. The van der Waals surface area contributed by atoms with Crippen LogP contribution in [0.5, 0.6) is 0 Å². The Hall–Kier alpha value is -0.570. The number of carboxylic acid groups (broad SMARTS) is 1. The summed E-state index contributed by atoms with van der Waals surface area (Å²) < 4.78 is 0. The lowest BCUT2D eigenvalue weighted by Gasteiger charge is -2.03. The summed E-state index contributed by atoms with van der Waals surface area (Å²) >= 11 is 0. The Bertz CT molecular complexity index is 170. The summed E-state index contributed by atoms with van der Waals surface area (Å²) in [5, 5.41) is 6.89. The molecule has 0 saturated carbocycles. The van der Waals surface area contributed by atoms with Crippen LogP contribution < -0.4 is 5.73 Å². The van der Waals surface area contributed by atoms with Gasteiger partial charge in [0.2, 0.25) is 0 Å². The van der Waals surface area contributed by atoms with Crippen LogP contribution in [-0.2, 0) is 4.79 Å². The van der Waals surface area contributed by atoms with Crippen LogP contribution in [0.3, 0.4) is 0 Å². The molecular weight excluding hydrogens is 274 g/mol. The molecule has 0 heterocycles. The van der Waals surface area contributed by atoms with Gasteiger partial charge in [0.15, 0.2) is 0 Å². The van der Waals surface area contributed by atoms with Crippen molar-refractivity contribution >= 4 is 6.47 Å². The van der Waals surface area contributed by atoms with Crippen LogP contribution in [0.25, 0.3) is 0 Å². The van der Waals surface area contributed by atoms with Crippen LogP contribution in [0.1, 0.15) is 110 Å². The Morgan fingerprint density at radius 1 is 0.636 bits per heavy atom. The van der Waals surface area contributed by atoms with Crippen molar-refractivity contribution in [1.29, 1.82) is 0 Å². The van der Waals surface area contributed by atoms with Crippen molar-refractivity contribution in [3.63, 3.8) is 0 Å². The molecule has 0 aliphatic carbocycles. The molecule has 22 heavy (non-hydrogen) atoms. The topological polar surface area (TPSA) is 63.3 Å². The monoisotopic (exact) mass is 315 g/mol. The molecule has 0 atom stereocenters. The molecule has 0 aromatic rings. The lowest BCUT2D eigenvalue weighted by Crippen LogP contribution is -1.97. The molecule has 0 unspecified atom stereocenters. The standard InChI is InChI=1S/C18H39N.CH2O2/c1-2-3-4-5-6-7-8-9-10-11-12-13-14-15-16-17-18-19;2-1-3/h2-19H2,1H3;1H,(H,2,3). The lowest BCUT2D eigenvalue weighted by molar-refractivity contribution is -0.122. The molecule has 0 bridgehead atoms. The average Bonchev–Trinajstić information content (AvgIpc) is 2.52. The molecule has 0 aromatic heterocycles. The van der Waals surface area contributed by atoms with Gasteiger partial charge >= 0.3 is 0 Å². The highest BCUT2D eigenvalue weighted by atomic mass is 16.3. The van der Waals surface area contributed by atoms with E-state index in [9.17, 15) is 0 Å². The fraction of sp³-hybridized carbons (Fsp3) is 0.947. The Morgan fingerprint density at radius 2 is 0.864 bits per heavy atom. The number of rotatable bonds is 16. The summed E-state index contributed by atoms with van der Waals surface area (Å²) in [6.07, 6.45) is 22.9. The van der Waals surface area contributed by atoms with Gasteiger partial charge in [-0.3, -0.25) is 4.79 Å². The minimum atomic E-state index is -0.250. The van der Waals surface area contributed by atoms with E-state index in [1.807, 2.05) is 0 Å². The third-order valence-corrected chi connectivity index (χ3v) is 4.06. The van der Waals surface area contributed by atoms with Gasteiger partial charge in [-0.15, -0.1) is 0 Å². The first-order chi connectivity index (χ1) is 10.8. The van der Waals surface area contributed by atoms with Crippen molar-refractivity contribution in [2.75, 3.05) is 6.54 Å². The fourth-order valence-electron chi connectivity index (χ4n) is 2.69. The zero-order chi connectivity index (χ0) is 16.7. The van der Waals surface area contributed by atoms with E-state index in [1.54, 1.807) is 0 Å². The van der Waals surface area contributed by atoms with Crippen LogP contribution >= 0.6 is 0 Å². The first kappa shape index (κ1) is 23.7. The summed E-state index contributed by atoms with van der Waals surface area (Å²) in [7, 11) is 0. The Kier molecular flexibility index (Phi) is 27.3. The molecule has 0 aliphatic rings. The van der Waals surface area contributed by atoms with E-state index in [-0.39, 0.29) is 6.47 Å². The summed E-state index contributed by atoms with van der Waals surface area (Å²) in [6.45, 7) is 2.91. The van der Waals surface area contributed by atoms with Crippen molar-refractivity contribution in [3.8, 4) is 0 Å². The van der Waals surface area contributed by atoms with E-state index in [1.165, 1.54) is 103 Å². The van der Waals surface area contributed by atoms with Crippen molar-refractivity contribution in [1.82, 2.24) is 0 Å². The third-order valence-electron chi connectivity index (χ3n) is 4.06. The molecule has 0 amide bonds. The highest BCUT2D eigenvalue weighted by Gasteiger charge is 1.94. The van der Waals surface area contributed by atoms with Crippen LogP contribution in [0.2, 0.25) is 0 Å². The van der Waals surface area contributed by atoms with Gasteiger partial charge in [-0.25, -0.2) is 0 Å². The van der Waals surface area contributed by atoms with Crippen molar-refractivity contribution in [3.05, 3.63) is 0 Å². The van der Waals surface area contributed by atoms with Gasteiger partial charge in [0.05, 0.1) is 0 Å². The maximum atomic E-state index is 8.36. The van der Waals surface area contributed by atoms with Gasteiger partial charge in [-0.05, 0) is 13.0 Å². The molecule has 0 aliphatic heterocycles. The molecular formula is C19H41NO2. The molecule has 0 aromatic carbocycles. The Morgan fingerprint density at radius 3 is 1.09 bits per heavy atom. The molecule has 0 fully saturated rings. The minimum absolute atomic E-state index is 0.250. The molecule has 3 heteroatoms. The molecule has 0 spiro atoms. The van der Waals surface area contributed by atoms with E-state index in [2.05, 4.69) is 6.92 Å². The maximum absolute atomic E-state index is 8.36. The second kappa shape index (κ2) is 25.4. The maximum Gasteiger partial charge on any atom is 0.290 e. The number of carbonyl (C=O) groups is 1. The van der Waals surface area contributed by atoms with E-state index in [0.717, 1.165) is 6.54 Å². The highest BCUT2D eigenvalue weighted by molar-refractivity contribution is 5.32. The predicted molar refractivity (Wildman–Crippen MR) is 97.3 cm³/mol. The SMILES string of the molecule is CCCCCCCCCCCCCCCCCCN.O=CO. The van der Waals surface area contributed by atoms with Gasteiger partial charge in [-0.2, -0.15) is 0 Å². The second-order valence-electron chi connectivity index (χ2n) is 6.20. The highest BCUT2D eigenvalue weighted by Crippen LogP contribution is 2.13. The van der Waals surface area contributed by atoms with Crippen LogP contribution in [0.15, 0.2) is 0 Å². The molecule has 3 nitrogen and oxygen atoms in total. The molecule has 0 radical (unpaired) electrons. The summed E-state index contributed by atoms with van der Waals surface area (Å²) in [5.74, 6) is 0. The van der Waals surface area contributed by atoms with Gasteiger partial charge in [0.25, 0.3) is 6.47 Å². The van der Waals surface area contributed by atoms with Gasteiger partial charge in [0.1, 0.15) is 0 Å². The molecule has 134 valence electrons. The summed E-state index contributed by atoms with van der Waals surface area (Å²) in [4.78, 5) is 8.36. The smallest absolute Gasteiger partial charge is 0.290 e. The largest absolute Gasteiger partial charge is 0.483 e. The van der Waals surface area contributed by atoms with Crippen molar-refractivity contribution in [2.45, 2.75) is 110 Å². The van der Waals surface area contributed by atoms with Crippen LogP contribution in [0.4, 0.5) is 0 Å². The minimum Gasteiger partial charge on any atom is -0.483 e. The van der Waals surface area contributed by atoms with E-state index >= 15 is 0 Å². The average molecular weight is 316 g/mol. The number of nitrogens with two attached hydrogens (primary N) is 1. The van der Waals surface area contributed by atoms with Crippen LogP contribution in [0, 0.1) is 0 Å². The Labute approximate surface area is 139 Å². The van der Waals surface area contributed by atoms with Crippen LogP contribution in [-0.4, -0.2) is 18.1 Å². The van der Waals surface area contributed by atoms with Gasteiger partial charge in [-0.1, -0.05) is 103 Å². The molecule has 0 saturated heterocycles. The number of hydrogen-bond donors (Lipinski definition) is 2. The normalized spacial score (nSPS) is 10.1. The van der Waals surface area contributed by atoms with E-state index < -0.39 is 0 Å². The van der Waals surface area contributed by atoms with Crippen molar-refractivity contribution in [2.24, 2.45) is 5.73 Å². The fourth-order valence-corrected chi connectivity index (χ4v) is 2.69. The van der Waals surface area contributed by atoms with E-state index in [0.29, 0.717) is 0 Å². The molecule has 0 rings (SSSR count). The lowest BCUT2D eigenvalue weighted by atomic mass is 10.0. The zero-order valence-electron chi connectivity index (χ0n) is 15.0. The summed E-state index contributed by atoms with van der Waals surface area (Å²) in [5.41, 5.74) is 5.48. The van der Waals surface area contributed by atoms with Crippen molar-refractivity contribution < 1.29 is 9.90 Å².